The minimum absolute atomic E-state index is 0.0161. The Kier molecular flexibility index (Phi) is 7.50. The van der Waals surface area contributed by atoms with Gasteiger partial charge in [-0.3, -0.25) is 9.45 Å². The molecule has 0 aliphatic carbocycles. The maximum Gasteiger partial charge on any atom is 0.232 e. The summed E-state index contributed by atoms with van der Waals surface area (Å²) in [4.78, 5) is 6.50. The predicted octanol–water partition coefficient (Wildman–Crippen LogP) is -0.387. The molecule has 1 aromatic rings. The van der Waals surface area contributed by atoms with E-state index in [4.69, 9.17) is 9.29 Å². The van der Waals surface area contributed by atoms with Crippen molar-refractivity contribution in [2.75, 3.05) is 27.2 Å². The zero-order chi connectivity index (χ0) is 16.8. The molecule has 2 rings (SSSR count). The molecule has 1 aromatic heterocycles. The lowest BCUT2D eigenvalue weighted by molar-refractivity contribution is -0.127. The number of hydrogen-bond acceptors (Lipinski definition) is 7. The fourth-order valence-electron chi connectivity index (χ4n) is 3.13. The van der Waals surface area contributed by atoms with Gasteiger partial charge in [0.05, 0.1) is 6.54 Å². The molecule has 4 N–H and O–H groups in total. The van der Waals surface area contributed by atoms with E-state index in [2.05, 4.69) is 19.9 Å². The van der Waals surface area contributed by atoms with Gasteiger partial charge in [-0.05, 0) is 13.5 Å². The number of methoxy groups -OCH3 is 1. The zero-order valence-electron chi connectivity index (χ0n) is 13.2. The first-order chi connectivity index (χ1) is 11.0. The molecule has 0 radical (unpaired) electrons. The highest BCUT2D eigenvalue weighted by Gasteiger charge is 2.40. The van der Waals surface area contributed by atoms with Gasteiger partial charge in [-0.15, -0.1) is 11.3 Å². The van der Waals surface area contributed by atoms with Gasteiger partial charge >= 0.3 is 0 Å². The minimum Gasteiger partial charge on any atom is -0.368 e. The van der Waals surface area contributed by atoms with Crippen LogP contribution in [0.3, 0.4) is 0 Å². The highest BCUT2D eigenvalue weighted by Crippen LogP contribution is 2.29. The molecule has 23 heavy (non-hydrogen) atoms. The van der Waals surface area contributed by atoms with E-state index in [9.17, 15) is 9.32 Å². The third-order valence-corrected chi connectivity index (χ3v) is 5.38. The van der Waals surface area contributed by atoms with E-state index in [0.29, 0.717) is 26.1 Å². The third-order valence-electron chi connectivity index (χ3n) is 4.08. The maximum absolute atomic E-state index is 11.1. The van der Waals surface area contributed by atoms with Crippen molar-refractivity contribution in [2.45, 2.75) is 31.3 Å². The Labute approximate surface area is 142 Å². The summed E-state index contributed by atoms with van der Waals surface area (Å²) >= 11 is -0.478. The van der Waals surface area contributed by atoms with Crippen LogP contribution in [0.5, 0.6) is 0 Å². The Bertz CT molecular complexity index is 490. The molecule has 0 bridgehead atoms. The third kappa shape index (κ3) is 5.26. The summed E-state index contributed by atoms with van der Waals surface area (Å²) in [5.74, 6) is -0.149. The molecular formula is C13H24N4O4S2. The monoisotopic (exact) mass is 364 g/mol. The van der Waals surface area contributed by atoms with Gasteiger partial charge < -0.3 is 15.2 Å². The molecule has 0 amide bonds. The van der Waals surface area contributed by atoms with E-state index < -0.39 is 17.6 Å². The number of nitrogens with one attached hydrogen (secondary N) is 2. The highest BCUT2D eigenvalue weighted by atomic mass is 32.2. The Morgan fingerprint density at radius 3 is 3.00 bits per heavy atom. The molecule has 0 aromatic carbocycles. The van der Waals surface area contributed by atoms with Crippen LogP contribution in [-0.2, 0) is 22.5 Å². The molecule has 10 heteroatoms. The number of likely N-dealkylation sites (tertiary alicyclic amines) is 1. The van der Waals surface area contributed by atoms with E-state index in [1.54, 1.807) is 17.5 Å². The Balaban J connectivity index is 2.14. The van der Waals surface area contributed by atoms with Crippen molar-refractivity contribution in [3.63, 3.8) is 0 Å². The SMILES string of the molecule is CNCC(C(O)OC)C1C[C@H](NS(=O)O)CN1Cc1nccs1. The number of nitrogens with zero attached hydrogens (tertiary/aromatic N) is 2. The lowest BCUT2D eigenvalue weighted by atomic mass is 9.95. The fraction of sp³-hybridized carbons (Fsp3) is 0.769. The Morgan fingerprint density at radius 1 is 1.65 bits per heavy atom. The van der Waals surface area contributed by atoms with Gasteiger partial charge in [0.25, 0.3) is 0 Å². The molecule has 5 atom stereocenters. The van der Waals surface area contributed by atoms with Crippen LogP contribution in [0.4, 0.5) is 0 Å². The fourth-order valence-corrected chi connectivity index (χ4v) is 4.23. The van der Waals surface area contributed by atoms with E-state index >= 15 is 0 Å². The lowest BCUT2D eigenvalue weighted by Crippen LogP contribution is -2.45. The largest absolute Gasteiger partial charge is 0.368 e. The van der Waals surface area contributed by atoms with Gasteiger partial charge in [0.15, 0.2) is 6.29 Å². The normalized spacial score (nSPS) is 26.3. The van der Waals surface area contributed by atoms with Crippen LogP contribution in [0.25, 0.3) is 0 Å². The van der Waals surface area contributed by atoms with Crippen LogP contribution in [0.2, 0.25) is 0 Å². The summed E-state index contributed by atoms with van der Waals surface area (Å²) < 4.78 is 27.9. The average Bonchev–Trinajstić information content (AvgIpc) is 3.14. The molecule has 1 fully saturated rings. The Morgan fingerprint density at radius 2 is 2.43 bits per heavy atom. The number of aliphatic hydroxyl groups excluding tert-OH is 1. The summed E-state index contributed by atoms with van der Waals surface area (Å²) in [6.45, 7) is 1.85. The average molecular weight is 364 g/mol. The van der Waals surface area contributed by atoms with Gasteiger partial charge in [0.1, 0.15) is 5.01 Å². The highest BCUT2D eigenvalue weighted by molar-refractivity contribution is 7.77. The van der Waals surface area contributed by atoms with E-state index in [1.807, 2.05) is 12.4 Å². The van der Waals surface area contributed by atoms with E-state index in [0.717, 1.165) is 5.01 Å². The van der Waals surface area contributed by atoms with E-state index in [-0.39, 0.29) is 18.0 Å². The second-order valence-electron chi connectivity index (χ2n) is 5.57. The van der Waals surface area contributed by atoms with Crippen molar-refractivity contribution < 1.29 is 18.6 Å². The van der Waals surface area contributed by atoms with Crippen molar-refractivity contribution >= 4 is 22.6 Å². The number of ether oxygens (including phenoxy) is 1. The van der Waals surface area contributed by atoms with Crippen LogP contribution in [0.1, 0.15) is 11.4 Å². The quantitative estimate of drug-likeness (QED) is 0.349. The van der Waals surface area contributed by atoms with Gasteiger partial charge in [-0.2, -0.15) is 0 Å². The maximum atomic E-state index is 11.1. The number of aliphatic hydroxyl groups is 1. The van der Waals surface area contributed by atoms with Crippen molar-refractivity contribution in [3.8, 4) is 0 Å². The van der Waals surface area contributed by atoms with Crippen LogP contribution < -0.4 is 10.0 Å². The summed E-state index contributed by atoms with van der Waals surface area (Å²) in [6.07, 6.45) is 1.52. The molecule has 0 saturated carbocycles. The summed E-state index contributed by atoms with van der Waals surface area (Å²) in [6, 6.07) is -0.100. The molecular weight excluding hydrogens is 340 g/mol. The standard InChI is InChI=1S/C13H24N4O4S2/c1-14-6-10(13(18)21-2)11-5-9(16-23(19)20)7-17(11)8-12-15-3-4-22-12/h3-4,9-11,13-14,16,18H,5-8H2,1-2H3,(H,19,20)/t9-,10?,11?,13?/m0/s1. The van der Waals surface area contributed by atoms with Crippen molar-refractivity contribution in [1.82, 2.24) is 19.9 Å². The predicted molar refractivity (Wildman–Crippen MR) is 89.1 cm³/mol. The van der Waals surface area contributed by atoms with Crippen molar-refractivity contribution in [2.24, 2.45) is 5.92 Å². The van der Waals surface area contributed by atoms with Crippen molar-refractivity contribution in [3.05, 3.63) is 16.6 Å². The van der Waals surface area contributed by atoms with Gasteiger partial charge in [0.2, 0.25) is 11.3 Å². The molecule has 1 saturated heterocycles. The second kappa shape index (κ2) is 9.14. The lowest BCUT2D eigenvalue weighted by Gasteiger charge is -2.33. The first-order valence-corrected chi connectivity index (χ1v) is 9.38. The zero-order valence-corrected chi connectivity index (χ0v) is 14.8. The van der Waals surface area contributed by atoms with Gasteiger partial charge in [-0.25, -0.2) is 13.9 Å². The van der Waals surface area contributed by atoms with Gasteiger partial charge in [0, 0.05) is 49.8 Å². The molecule has 1 aliphatic heterocycles. The minimum atomic E-state index is -2.05. The molecule has 1 aliphatic rings. The first-order valence-electron chi connectivity index (χ1n) is 7.40. The molecule has 132 valence electrons. The van der Waals surface area contributed by atoms with Crippen LogP contribution in [-0.4, -0.2) is 69.4 Å². The number of thiazole rings is 1. The first kappa shape index (κ1) is 18.9. The second-order valence-corrected chi connectivity index (χ2v) is 7.28. The molecule has 0 spiro atoms. The molecule has 8 nitrogen and oxygen atoms in total. The summed E-state index contributed by atoms with van der Waals surface area (Å²) in [5.41, 5.74) is 0. The summed E-state index contributed by atoms with van der Waals surface area (Å²) in [7, 11) is 3.31. The van der Waals surface area contributed by atoms with Crippen LogP contribution in [0, 0.1) is 5.92 Å². The number of hydrogen-bond donors (Lipinski definition) is 4. The smallest absolute Gasteiger partial charge is 0.232 e. The van der Waals surface area contributed by atoms with Crippen LogP contribution in [0.15, 0.2) is 11.6 Å². The molecule has 2 heterocycles. The van der Waals surface area contributed by atoms with Gasteiger partial charge in [-0.1, -0.05) is 0 Å². The number of rotatable bonds is 9. The topological polar surface area (TPSA) is 107 Å². The van der Waals surface area contributed by atoms with Crippen LogP contribution >= 0.6 is 11.3 Å². The van der Waals surface area contributed by atoms with E-state index in [1.165, 1.54) is 7.11 Å². The summed E-state index contributed by atoms with van der Waals surface area (Å²) in [5, 5.41) is 16.2. The molecule has 4 unspecified atom stereocenters. The number of aromatic nitrogens is 1. The van der Waals surface area contributed by atoms with Crippen molar-refractivity contribution in [1.29, 1.82) is 0 Å². The Hall–Kier alpha value is -0.460.